The number of piperidine rings is 1. The Morgan fingerprint density at radius 1 is 1.19 bits per heavy atom. The number of nitrogens with zero attached hydrogens (tertiary/aromatic N) is 1. The number of aromatic nitrogens is 1. The minimum absolute atomic E-state index is 0.0178. The molecule has 1 aliphatic heterocycles. The van der Waals surface area contributed by atoms with Crippen molar-refractivity contribution in [2.75, 3.05) is 26.0 Å². The van der Waals surface area contributed by atoms with E-state index >= 15 is 0 Å². The molecule has 26 heavy (non-hydrogen) atoms. The zero-order valence-corrected chi connectivity index (χ0v) is 15.6. The molecule has 7 heteroatoms. The van der Waals surface area contributed by atoms with Crippen LogP contribution in [0.15, 0.2) is 54.7 Å². The Balaban J connectivity index is 1.87. The Morgan fingerprint density at radius 2 is 1.96 bits per heavy atom. The van der Waals surface area contributed by atoms with Crippen molar-refractivity contribution in [3.05, 3.63) is 66.0 Å². The highest BCUT2D eigenvalue weighted by molar-refractivity contribution is 7.85. The molecule has 1 saturated heterocycles. The molecule has 0 saturated carbocycles. The van der Waals surface area contributed by atoms with Crippen LogP contribution >= 0.6 is 0 Å². The monoisotopic (exact) mass is 376 g/mol. The fraction of sp³-hybridized carbons (Fsp3) is 0.421. The molecule has 0 spiro atoms. The standard InChI is InChI=1S/C19H24N2O4S/c1-26(22,23)25-15-19(17-9-5-6-11-21-17)10-12-20-13-18(19)24-14-16-7-3-2-4-8-16/h2-9,11,18,20H,10,12-15H2,1H3/t18-,19-/m0/s1. The second-order valence-corrected chi connectivity index (χ2v) is 8.22. The van der Waals surface area contributed by atoms with Crippen molar-refractivity contribution in [1.29, 1.82) is 0 Å². The van der Waals surface area contributed by atoms with Gasteiger partial charge in [0.25, 0.3) is 10.1 Å². The Morgan fingerprint density at radius 3 is 2.65 bits per heavy atom. The molecule has 140 valence electrons. The summed E-state index contributed by atoms with van der Waals surface area (Å²) in [6.45, 7) is 1.82. The lowest BCUT2D eigenvalue weighted by atomic mass is 9.74. The van der Waals surface area contributed by atoms with Crippen molar-refractivity contribution < 1.29 is 17.3 Å². The van der Waals surface area contributed by atoms with Crippen LogP contribution in [0.4, 0.5) is 0 Å². The van der Waals surface area contributed by atoms with E-state index in [2.05, 4.69) is 10.3 Å². The molecular formula is C19H24N2O4S. The molecule has 1 fully saturated rings. The van der Waals surface area contributed by atoms with Gasteiger partial charge >= 0.3 is 0 Å². The van der Waals surface area contributed by atoms with E-state index in [4.69, 9.17) is 8.92 Å². The largest absolute Gasteiger partial charge is 0.371 e. The van der Waals surface area contributed by atoms with Gasteiger partial charge < -0.3 is 10.1 Å². The minimum atomic E-state index is -3.56. The summed E-state index contributed by atoms with van der Waals surface area (Å²) in [5.74, 6) is 0. The van der Waals surface area contributed by atoms with Gasteiger partial charge in [0.05, 0.1) is 36.7 Å². The lowest BCUT2D eigenvalue weighted by Crippen LogP contribution is -2.56. The third kappa shape index (κ3) is 4.67. The lowest BCUT2D eigenvalue weighted by Gasteiger charge is -2.43. The van der Waals surface area contributed by atoms with Gasteiger partial charge in [0, 0.05) is 12.7 Å². The van der Waals surface area contributed by atoms with Crippen LogP contribution < -0.4 is 5.32 Å². The third-order valence-electron chi connectivity index (χ3n) is 4.69. The van der Waals surface area contributed by atoms with Crippen LogP contribution in [0.3, 0.4) is 0 Å². The van der Waals surface area contributed by atoms with E-state index in [1.54, 1.807) is 6.20 Å². The molecule has 6 nitrogen and oxygen atoms in total. The molecule has 3 rings (SSSR count). The summed E-state index contributed by atoms with van der Waals surface area (Å²) >= 11 is 0. The quantitative estimate of drug-likeness (QED) is 0.744. The first-order valence-corrected chi connectivity index (χ1v) is 10.4. The first kappa shape index (κ1) is 19.0. The normalized spacial score (nSPS) is 23.7. The molecule has 2 aromatic rings. The maximum Gasteiger partial charge on any atom is 0.264 e. The van der Waals surface area contributed by atoms with Crippen molar-refractivity contribution >= 4 is 10.1 Å². The predicted molar refractivity (Wildman–Crippen MR) is 99.2 cm³/mol. The number of rotatable bonds is 7. The van der Waals surface area contributed by atoms with E-state index in [0.717, 1.165) is 24.1 Å². The summed E-state index contributed by atoms with van der Waals surface area (Å²) < 4.78 is 34.7. The van der Waals surface area contributed by atoms with Crippen molar-refractivity contribution in [2.45, 2.75) is 24.5 Å². The number of pyridine rings is 1. The molecular weight excluding hydrogens is 352 g/mol. The first-order chi connectivity index (χ1) is 12.5. The van der Waals surface area contributed by atoms with Gasteiger partial charge in [-0.2, -0.15) is 8.42 Å². The van der Waals surface area contributed by atoms with E-state index in [1.807, 2.05) is 48.5 Å². The van der Waals surface area contributed by atoms with Crippen molar-refractivity contribution in [3.8, 4) is 0 Å². The smallest absolute Gasteiger partial charge is 0.264 e. The molecule has 1 aromatic carbocycles. The fourth-order valence-electron chi connectivity index (χ4n) is 3.29. The molecule has 0 unspecified atom stereocenters. The summed E-state index contributed by atoms with van der Waals surface area (Å²) in [5, 5.41) is 3.33. The maximum atomic E-state index is 11.6. The molecule has 2 heterocycles. The van der Waals surface area contributed by atoms with Gasteiger partial charge in [0.1, 0.15) is 0 Å². The molecule has 0 aliphatic carbocycles. The number of nitrogens with one attached hydrogen (secondary N) is 1. The summed E-state index contributed by atoms with van der Waals surface area (Å²) in [5.41, 5.74) is 1.24. The number of hydrogen-bond acceptors (Lipinski definition) is 6. The zero-order valence-electron chi connectivity index (χ0n) is 14.8. The molecule has 0 amide bonds. The fourth-order valence-corrected chi connectivity index (χ4v) is 3.72. The third-order valence-corrected chi connectivity index (χ3v) is 5.24. The van der Waals surface area contributed by atoms with Crippen LogP contribution in [-0.2, 0) is 31.1 Å². The van der Waals surface area contributed by atoms with E-state index in [9.17, 15) is 8.42 Å². The Bertz CT molecular complexity index is 799. The Kier molecular flexibility index (Phi) is 6.03. The molecule has 1 N–H and O–H groups in total. The molecule has 0 radical (unpaired) electrons. The highest BCUT2D eigenvalue weighted by Crippen LogP contribution is 2.35. The van der Waals surface area contributed by atoms with Gasteiger partial charge in [-0.05, 0) is 30.7 Å². The van der Waals surface area contributed by atoms with E-state index in [1.165, 1.54) is 0 Å². The molecule has 1 aromatic heterocycles. The molecule has 0 bridgehead atoms. The van der Waals surface area contributed by atoms with Crippen LogP contribution in [0.2, 0.25) is 0 Å². The second kappa shape index (κ2) is 8.26. The van der Waals surface area contributed by atoms with Gasteiger partial charge in [0.2, 0.25) is 0 Å². The Hall–Kier alpha value is -1.80. The summed E-state index contributed by atoms with van der Waals surface area (Å²) in [4.78, 5) is 4.50. The van der Waals surface area contributed by atoms with Gasteiger partial charge in [-0.1, -0.05) is 36.4 Å². The predicted octanol–water partition coefficient (Wildman–Crippen LogP) is 1.87. The summed E-state index contributed by atoms with van der Waals surface area (Å²) in [7, 11) is -3.56. The minimum Gasteiger partial charge on any atom is -0.371 e. The zero-order chi connectivity index (χ0) is 18.5. The average Bonchev–Trinajstić information content (AvgIpc) is 2.66. The van der Waals surface area contributed by atoms with Crippen LogP contribution in [0.1, 0.15) is 17.7 Å². The second-order valence-electron chi connectivity index (χ2n) is 6.58. The van der Waals surface area contributed by atoms with Crippen LogP contribution in [0.25, 0.3) is 0 Å². The summed E-state index contributed by atoms with van der Waals surface area (Å²) in [6, 6.07) is 15.6. The topological polar surface area (TPSA) is 77.5 Å². The van der Waals surface area contributed by atoms with Crippen molar-refractivity contribution in [2.24, 2.45) is 0 Å². The van der Waals surface area contributed by atoms with Crippen molar-refractivity contribution in [3.63, 3.8) is 0 Å². The maximum absolute atomic E-state index is 11.6. The van der Waals surface area contributed by atoms with E-state index in [0.29, 0.717) is 19.6 Å². The van der Waals surface area contributed by atoms with Gasteiger partial charge in [0.15, 0.2) is 0 Å². The van der Waals surface area contributed by atoms with Crippen LogP contribution in [-0.4, -0.2) is 45.5 Å². The van der Waals surface area contributed by atoms with Gasteiger partial charge in [-0.3, -0.25) is 9.17 Å². The molecule has 2 atom stereocenters. The van der Waals surface area contributed by atoms with Crippen molar-refractivity contribution in [1.82, 2.24) is 10.3 Å². The van der Waals surface area contributed by atoms with Crippen LogP contribution in [0, 0.1) is 0 Å². The Labute approximate surface area is 154 Å². The molecule has 1 aliphatic rings. The van der Waals surface area contributed by atoms with Gasteiger partial charge in [-0.15, -0.1) is 0 Å². The lowest BCUT2D eigenvalue weighted by molar-refractivity contribution is -0.0463. The first-order valence-electron chi connectivity index (χ1n) is 8.62. The van der Waals surface area contributed by atoms with E-state index in [-0.39, 0.29) is 12.7 Å². The van der Waals surface area contributed by atoms with Gasteiger partial charge in [-0.25, -0.2) is 0 Å². The van der Waals surface area contributed by atoms with E-state index < -0.39 is 15.5 Å². The SMILES string of the molecule is CS(=O)(=O)OC[C@]1(c2ccccn2)CCNC[C@@H]1OCc1ccccc1. The number of ether oxygens (including phenoxy) is 1. The average molecular weight is 376 g/mol. The highest BCUT2D eigenvalue weighted by atomic mass is 32.2. The highest BCUT2D eigenvalue weighted by Gasteiger charge is 2.45. The number of hydrogen-bond donors (Lipinski definition) is 1. The van der Waals surface area contributed by atoms with Crippen LogP contribution in [0.5, 0.6) is 0 Å². The summed E-state index contributed by atoms with van der Waals surface area (Å²) in [6.07, 6.45) is 3.21. The number of benzene rings is 1.